The van der Waals surface area contributed by atoms with Crippen LogP contribution < -0.4 is 4.74 Å². The first kappa shape index (κ1) is 21.2. The van der Waals surface area contributed by atoms with Gasteiger partial charge < -0.3 is 9.30 Å². The van der Waals surface area contributed by atoms with E-state index in [1.807, 2.05) is 31.5 Å². The third kappa shape index (κ3) is 3.63. The molecule has 4 heterocycles. The van der Waals surface area contributed by atoms with Gasteiger partial charge in [-0.25, -0.2) is 29.3 Å². The second-order valence-electron chi connectivity index (χ2n) is 7.74. The quantitative estimate of drug-likeness (QED) is 0.358. The smallest absolute Gasteiger partial charge is 0.322 e. The predicted molar refractivity (Wildman–Crippen MR) is 127 cm³/mol. The Morgan fingerprint density at radius 2 is 1.91 bits per heavy atom. The molecule has 0 aliphatic rings. The van der Waals surface area contributed by atoms with Crippen LogP contribution in [-0.4, -0.2) is 29.5 Å². The van der Waals surface area contributed by atoms with Crippen molar-refractivity contribution in [3.63, 3.8) is 0 Å². The third-order valence-corrected chi connectivity index (χ3v) is 5.53. The van der Waals surface area contributed by atoms with Crippen LogP contribution in [0.3, 0.4) is 0 Å². The summed E-state index contributed by atoms with van der Waals surface area (Å²) in [4.78, 5) is 21.4. The molecule has 166 valence electrons. The number of nitrogens with zero attached hydrogens (tertiary/aromatic N) is 6. The number of halogens is 1. The number of aryl methyl sites for hydroxylation is 3. The van der Waals surface area contributed by atoms with Crippen LogP contribution in [0.1, 0.15) is 17.1 Å². The maximum absolute atomic E-state index is 15.2. The fourth-order valence-corrected chi connectivity index (χ4v) is 3.98. The monoisotopic (exact) mass is 450 g/mol. The SMILES string of the molecule is C#Cc1ccc(-c2c(-c3ccc(Oc4nccc(C)n4)c(F)c3)c3cncnc3n2C)c(C)n1. The van der Waals surface area contributed by atoms with Gasteiger partial charge in [-0.2, -0.15) is 0 Å². The summed E-state index contributed by atoms with van der Waals surface area (Å²) in [6.45, 7) is 3.70. The molecule has 0 spiro atoms. The molecule has 0 aliphatic carbocycles. The second-order valence-corrected chi connectivity index (χ2v) is 7.74. The van der Waals surface area contributed by atoms with Crippen molar-refractivity contribution in [2.24, 2.45) is 7.05 Å². The Bertz CT molecular complexity index is 1600. The van der Waals surface area contributed by atoms with Crippen LogP contribution in [0.15, 0.2) is 55.1 Å². The lowest BCUT2D eigenvalue weighted by molar-refractivity contribution is 0.410. The van der Waals surface area contributed by atoms with Gasteiger partial charge in [0.15, 0.2) is 11.6 Å². The van der Waals surface area contributed by atoms with Crippen molar-refractivity contribution in [2.45, 2.75) is 13.8 Å². The molecule has 0 saturated heterocycles. The predicted octanol–water partition coefficient (Wildman–Crippen LogP) is 5.02. The van der Waals surface area contributed by atoms with Gasteiger partial charge in [-0.3, -0.25) is 0 Å². The third-order valence-electron chi connectivity index (χ3n) is 5.53. The van der Waals surface area contributed by atoms with E-state index in [0.717, 1.165) is 33.6 Å². The van der Waals surface area contributed by atoms with Crippen LogP contribution in [0.5, 0.6) is 11.8 Å². The van der Waals surface area contributed by atoms with Crippen LogP contribution in [-0.2, 0) is 7.05 Å². The summed E-state index contributed by atoms with van der Waals surface area (Å²) in [7, 11) is 1.91. The summed E-state index contributed by atoms with van der Waals surface area (Å²) in [6, 6.07) is 10.3. The highest BCUT2D eigenvalue weighted by Gasteiger charge is 2.22. The first-order chi connectivity index (χ1) is 16.5. The average Bonchev–Trinajstić information content (AvgIpc) is 3.12. The molecule has 0 aliphatic heterocycles. The number of rotatable bonds is 4. The summed E-state index contributed by atoms with van der Waals surface area (Å²) in [6.07, 6.45) is 10.3. The zero-order chi connectivity index (χ0) is 23.8. The molecule has 0 N–H and O–H groups in total. The number of pyridine rings is 1. The minimum absolute atomic E-state index is 0.0311. The highest BCUT2D eigenvalue weighted by molar-refractivity contribution is 6.03. The van der Waals surface area contributed by atoms with Gasteiger partial charge in [-0.15, -0.1) is 6.42 Å². The van der Waals surface area contributed by atoms with E-state index in [4.69, 9.17) is 11.2 Å². The highest BCUT2D eigenvalue weighted by Crippen LogP contribution is 2.41. The lowest BCUT2D eigenvalue weighted by Crippen LogP contribution is -1.99. The molecular formula is C26H19FN6O. The summed E-state index contributed by atoms with van der Waals surface area (Å²) >= 11 is 0. The van der Waals surface area contributed by atoms with Gasteiger partial charge in [0.25, 0.3) is 0 Å². The topological polar surface area (TPSA) is 78.6 Å². The number of hydrogen-bond acceptors (Lipinski definition) is 6. The Kier molecular flexibility index (Phi) is 5.22. The van der Waals surface area contributed by atoms with Crippen molar-refractivity contribution in [1.29, 1.82) is 0 Å². The second kappa shape index (κ2) is 8.37. The highest BCUT2D eigenvalue weighted by atomic mass is 19.1. The first-order valence-corrected chi connectivity index (χ1v) is 10.5. The molecule has 34 heavy (non-hydrogen) atoms. The zero-order valence-electron chi connectivity index (χ0n) is 18.7. The van der Waals surface area contributed by atoms with Gasteiger partial charge in [-0.1, -0.05) is 12.0 Å². The van der Waals surface area contributed by atoms with E-state index in [-0.39, 0.29) is 11.8 Å². The molecule has 0 bridgehead atoms. The van der Waals surface area contributed by atoms with Gasteiger partial charge in [-0.05, 0) is 49.7 Å². The van der Waals surface area contributed by atoms with Crippen molar-refractivity contribution in [1.82, 2.24) is 29.5 Å². The lowest BCUT2D eigenvalue weighted by Gasteiger charge is -2.12. The molecule has 0 saturated carbocycles. The molecule has 7 nitrogen and oxygen atoms in total. The van der Waals surface area contributed by atoms with Crippen molar-refractivity contribution in [2.75, 3.05) is 0 Å². The van der Waals surface area contributed by atoms with E-state index in [1.165, 1.54) is 12.4 Å². The zero-order valence-corrected chi connectivity index (χ0v) is 18.7. The molecule has 8 heteroatoms. The number of fused-ring (bicyclic) bond motifs is 1. The molecular weight excluding hydrogens is 431 g/mol. The van der Waals surface area contributed by atoms with Gasteiger partial charge in [0.1, 0.15) is 17.7 Å². The largest absolute Gasteiger partial charge is 0.421 e. The van der Waals surface area contributed by atoms with Crippen LogP contribution in [0.25, 0.3) is 33.4 Å². The Morgan fingerprint density at radius 1 is 1.06 bits per heavy atom. The van der Waals surface area contributed by atoms with Gasteiger partial charge in [0.05, 0.1) is 5.69 Å². The number of terminal acetylenes is 1. The van der Waals surface area contributed by atoms with E-state index >= 15 is 4.39 Å². The number of benzene rings is 1. The van der Waals surface area contributed by atoms with Crippen LogP contribution in [0.2, 0.25) is 0 Å². The molecule has 5 rings (SSSR count). The molecule has 0 fully saturated rings. The molecule has 0 atom stereocenters. The van der Waals surface area contributed by atoms with Gasteiger partial charge in [0.2, 0.25) is 0 Å². The molecule has 0 radical (unpaired) electrons. The first-order valence-electron chi connectivity index (χ1n) is 10.5. The summed E-state index contributed by atoms with van der Waals surface area (Å²) in [5.74, 6) is 2.05. The minimum atomic E-state index is -0.542. The normalized spacial score (nSPS) is 10.9. The maximum atomic E-state index is 15.2. The van der Waals surface area contributed by atoms with Gasteiger partial charge in [0, 0.05) is 47.3 Å². The van der Waals surface area contributed by atoms with Crippen molar-refractivity contribution in [3.05, 3.63) is 78.0 Å². The molecule has 4 aromatic heterocycles. The average molecular weight is 450 g/mol. The van der Waals surface area contributed by atoms with Crippen LogP contribution in [0.4, 0.5) is 4.39 Å². The fraction of sp³-hybridized carbons (Fsp3) is 0.115. The standard InChI is InChI=1S/C26H19FN6O/c1-5-18-7-8-19(16(3)32-18)24-23(20-13-28-14-30-25(20)33(24)4)17-6-9-22(21(27)12-17)34-26-29-11-10-15(2)31-26/h1,6-14H,2-4H3. The van der Waals surface area contributed by atoms with E-state index in [9.17, 15) is 0 Å². The van der Waals surface area contributed by atoms with E-state index < -0.39 is 5.82 Å². The summed E-state index contributed by atoms with van der Waals surface area (Å²) in [5, 5.41) is 0.788. The summed E-state index contributed by atoms with van der Waals surface area (Å²) < 4.78 is 22.7. The van der Waals surface area contributed by atoms with Crippen LogP contribution in [0, 0.1) is 32.0 Å². The number of ether oxygens (including phenoxy) is 1. The minimum Gasteiger partial charge on any atom is -0.421 e. The van der Waals surface area contributed by atoms with Crippen molar-refractivity contribution < 1.29 is 9.13 Å². The molecule has 0 amide bonds. The van der Waals surface area contributed by atoms with E-state index in [1.54, 1.807) is 36.7 Å². The Balaban J connectivity index is 1.68. The Labute approximate surface area is 195 Å². The Morgan fingerprint density at radius 3 is 2.65 bits per heavy atom. The number of aromatic nitrogens is 6. The summed E-state index contributed by atoms with van der Waals surface area (Å²) in [5.41, 5.74) is 5.87. The van der Waals surface area contributed by atoms with E-state index in [2.05, 4.69) is 30.8 Å². The molecule has 5 aromatic rings. The molecule has 1 aromatic carbocycles. The fourth-order valence-electron chi connectivity index (χ4n) is 3.98. The molecule has 0 unspecified atom stereocenters. The van der Waals surface area contributed by atoms with Crippen molar-refractivity contribution in [3.8, 4) is 46.5 Å². The lowest BCUT2D eigenvalue weighted by atomic mass is 9.98. The Hall–Kier alpha value is -4.64. The number of hydrogen-bond donors (Lipinski definition) is 0. The van der Waals surface area contributed by atoms with Crippen LogP contribution >= 0.6 is 0 Å². The van der Waals surface area contributed by atoms with Gasteiger partial charge >= 0.3 is 6.01 Å². The maximum Gasteiger partial charge on any atom is 0.322 e. The van der Waals surface area contributed by atoms with E-state index in [0.29, 0.717) is 16.9 Å². The van der Waals surface area contributed by atoms with Crippen molar-refractivity contribution >= 4 is 11.0 Å².